The molecule has 0 bridgehead atoms. The van der Waals surface area contributed by atoms with E-state index in [9.17, 15) is 9.59 Å². The number of fused-ring (bicyclic) bond motifs is 1. The van der Waals surface area contributed by atoms with Crippen LogP contribution < -0.4 is 5.76 Å². The summed E-state index contributed by atoms with van der Waals surface area (Å²) in [5.74, 6) is -0.374. The van der Waals surface area contributed by atoms with Gasteiger partial charge >= 0.3 is 5.76 Å². The lowest BCUT2D eigenvalue weighted by Gasteiger charge is -2.20. The number of hydrogen-bond donors (Lipinski definition) is 0. The Kier molecular flexibility index (Phi) is 3.92. The maximum absolute atomic E-state index is 12.5. The van der Waals surface area contributed by atoms with Gasteiger partial charge < -0.3 is 9.15 Å². The minimum Gasteiger partial charge on any atom is -0.408 e. The molecule has 1 fully saturated rings. The number of aryl methyl sites for hydroxylation is 1. The standard InChI is InChI=1S/C16H19NO4/c1-2-7-17-13-6-5-11(9-14(13)21-16(17)19)15(18)12-4-3-8-20-10-12/h5-6,9,12H,2-4,7-8,10H2,1H3. The van der Waals surface area contributed by atoms with E-state index in [0.717, 1.165) is 31.4 Å². The topological polar surface area (TPSA) is 61.4 Å². The van der Waals surface area contributed by atoms with Gasteiger partial charge in [0.15, 0.2) is 11.4 Å². The normalized spacial score (nSPS) is 19.0. The number of nitrogens with zero attached hydrogens (tertiary/aromatic N) is 1. The van der Waals surface area contributed by atoms with Gasteiger partial charge in [0.2, 0.25) is 0 Å². The fraction of sp³-hybridized carbons (Fsp3) is 0.500. The summed E-state index contributed by atoms with van der Waals surface area (Å²) in [6.45, 7) is 3.84. The molecule has 1 unspecified atom stereocenters. The van der Waals surface area contributed by atoms with Gasteiger partial charge in [0.25, 0.3) is 0 Å². The maximum atomic E-state index is 12.5. The molecule has 5 nitrogen and oxygen atoms in total. The molecular weight excluding hydrogens is 270 g/mol. The molecule has 112 valence electrons. The number of rotatable bonds is 4. The monoisotopic (exact) mass is 289 g/mol. The smallest absolute Gasteiger partial charge is 0.408 e. The zero-order valence-electron chi connectivity index (χ0n) is 12.1. The third-order valence-corrected chi connectivity index (χ3v) is 3.93. The fourth-order valence-corrected chi connectivity index (χ4v) is 2.84. The van der Waals surface area contributed by atoms with Crippen LogP contribution in [0.15, 0.2) is 27.4 Å². The lowest BCUT2D eigenvalue weighted by molar-refractivity contribution is 0.0461. The molecule has 0 N–H and O–H groups in total. The quantitative estimate of drug-likeness (QED) is 0.812. The molecule has 1 saturated heterocycles. The second-order valence-electron chi connectivity index (χ2n) is 5.48. The first-order chi connectivity index (χ1) is 10.2. The van der Waals surface area contributed by atoms with Crippen LogP contribution in [0.2, 0.25) is 0 Å². The molecular formula is C16H19NO4. The van der Waals surface area contributed by atoms with E-state index in [0.29, 0.717) is 24.3 Å². The minimum atomic E-state index is -0.363. The molecule has 1 aromatic carbocycles. The molecule has 0 amide bonds. The third-order valence-electron chi connectivity index (χ3n) is 3.93. The highest BCUT2D eigenvalue weighted by molar-refractivity contribution is 6.00. The van der Waals surface area contributed by atoms with E-state index in [1.54, 1.807) is 22.8 Å². The van der Waals surface area contributed by atoms with Crippen molar-refractivity contribution in [3.8, 4) is 0 Å². The molecule has 2 aromatic rings. The van der Waals surface area contributed by atoms with Crippen molar-refractivity contribution in [2.75, 3.05) is 13.2 Å². The number of benzene rings is 1. The summed E-state index contributed by atoms with van der Waals surface area (Å²) in [6, 6.07) is 5.26. The molecule has 0 saturated carbocycles. The van der Waals surface area contributed by atoms with Crippen molar-refractivity contribution in [1.82, 2.24) is 4.57 Å². The zero-order valence-corrected chi connectivity index (χ0v) is 12.1. The van der Waals surface area contributed by atoms with Gasteiger partial charge in [-0.05, 0) is 37.5 Å². The number of aromatic nitrogens is 1. The Hall–Kier alpha value is -1.88. The Bertz CT molecular complexity index is 707. The lowest BCUT2D eigenvalue weighted by atomic mass is 9.92. The number of ether oxygens (including phenoxy) is 1. The van der Waals surface area contributed by atoms with Crippen LogP contribution >= 0.6 is 0 Å². The Morgan fingerprint density at radius 1 is 1.43 bits per heavy atom. The van der Waals surface area contributed by atoms with Crippen molar-refractivity contribution in [3.63, 3.8) is 0 Å². The molecule has 2 heterocycles. The molecule has 0 spiro atoms. The van der Waals surface area contributed by atoms with Crippen LogP contribution in [-0.2, 0) is 11.3 Å². The molecule has 1 atom stereocenters. The minimum absolute atomic E-state index is 0.0718. The zero-order chi connectivity index (χ0) is 14.8. The number of oxazole rings is 1. The Balaban J connectivity index is 1.94. The summed E-state index contributed by atoms with van der Waals surface area (Å²) in [4.78, 5) is 24.3. The number of Topliss-reactive ketones (excluding diaryl/α,β-unsaturated/α-hetero) is 1. The summed E-state index contributed by atoms with van der Waals surface area (Å²) in [6.07, 6.45) is 2.63. The first-order valence-corrected chi connectivity index (χ1v) is 7.46. The molecule has 1 aromatic heterocycles. The first kappa shape index (κ1) is 14.1. The second-order valence-corrected chi connectivity index (χ2v) is 5.48. The maximum Gasteiger partial charge on any atom is 0.419 e. The van der Waals surface area contributed by atoms with Crippen LogP contribution in [-0.4, -0.2) is 23.6 Å². The molecule has 1 aliphatic heterocycles. The predicted octanol–water partition coefficient (Wildman–Crippen LogP) is 2.61. The predicted molar refractivity (Wildman–Crippen MR) is 78.6 cm³/mol. The van der Waals surface area contributed by atoms with Gasteiger partial charge in [0.1, 0.15) is 0 Å². The van der Waals surface area contributed by atoms with Gasteiger partial charge in [-0.2, -0.15) is 0 Å². The highest BCUT2D eigenvalue weighted by Crippen LogP contribution is 2.22. The van der Waals surface area contributed by atoms with Gasteiger partial charge in [-0.3, -0.25) is 9.36 Å². The van der Waals surface area contributed by atoms with Crippen molar-refractivity contribution in [3.05, 3.63) is 34.3 Å². The van der Waals surface area contributed by atoms with Gasteiger partial charge in [-0.15, -0.1) is 0 Å². The first-order valence-electron chi connectivity index (χ1n) is 7.46. The second kappa shape index (κ2) is 5.85. The van der Waals surface area contributed by atoms with E-state index in [-0.39, 0.29) is 17.5 Å². The van der Waals surface area contributed by atoms with E-state index >= 15 is 0 Å². The Morgan fingerprint density at radius 2 is 2.29 bits per heavy atom. The van der Waals surface area contributed by atoms with Crippen LogP contribution in [0.5, 0.6) is 0 Å². The highest BCUT2D eigenvalue weighted by atomic mass is 16.5. The molecule has 5 heteroatoms. The summed E-state index contributed by atoms with van der Waals surface area (Å²) >= 11 is 0. The number of carbonyl (C=O) groups is 1. The van der Waals surface area contributed by atoms with E-state index < -0.39 is 0 Å². The molecule has 0 aliphatic carbocycles. The van der Waals surface area contributed by atoms with Gasteiger partial charge in [0.05, 0.1) is 12.1 Å². The largest absolute Gasteiger partial charge is 0.419 e. The van der Waals surface area contributed by atoms with Crippen molar-refractivity contribution < 1.29 is 13.9 Å². The SMILES string of the molecule is CCCn1c(=O)oc2cc(C(=O)C3CCCOC3)ccc21. The van der Waals surface area contributed by atoms with Gasteiger partial charge in [-0.1, -0.05) is 6.92 Å². The van der Waals surface area contributed by atoms with Crippen LogP contribution in [0.4, 0.5) is 0 Å². The van der Waals surface area contributed by atoms with E-state index in [1.807, 2.05) is 6.92 Å². The summed E-state index contributed by atoms with van der Waals surface area (Å²) < 4.78 is 12.2. The molecule has 0 radical (unpaired) electrons. The van der Waals surface area contributed by atoms with Crippen LogP contribution in [0.1, 0.15) is 36.5 Å². The fourth-order valence-electron chi connectivity index (χ4n) is 2.84. The third kappa shape index (κ3) is 2.65. The highest BCUT2D eigenvalue weighted by Gasteiger charge is 2.23. The van der Waals surface area contributed by atoms with Gasteiger partial charge in [-0.25, -0.2) is 4.79 Å². The molecule has 1 aliphatic rings. The van der Waals surface area contributed by atoms with Crippen molar-refractivity contribution in [2.24, 2.45) is 5.92 Å². The summed E-state index contributed by atoms with van der Waals surface area (Å²) in [5.41, 5.74) is 1.82. The number of hydrogen-bond acceptors (Lipinski definition) is 4. The number of ketones is 1. The lowest BCUT2D eigenvalue weighted by Crippen LogP contribution is -2.25. The van der Waals surface area contributed by atoms with E-state index in [1.165, 1.54) is 0 Å². The number of carbonyl (C=O) groups excluding carboxylic acids is 1. The summed E-state index contributed by atoms with van der Waals surface area (Å²) in [5, 5.41) is 0. The van der Waals surface area contributed by atoms with E-state index in [4.69, 9.17) is 9.15 Å². The average Bonchev–Trinajstić information content (AvgIpc) is 2.83. The molecule has 21 heavy (non-hydrogen) atoms. The van der Waals surface area contributed by atoms with Crippen LogP contribution in [0.3, 0.4) is 0 Å². The van der Waals surface area contributed by atoms with Crippen molar-refractivity contribution >= 4 is 16.9 Å². The van der Waals surface area contributed by atoms with Crippen LogP contribution in [0, 0.1) is 5.92 Å². The van der Waals surface area contributed by atoms with Crippen LogP contribution in [0.25, 0.3) is 11.1 Å². The van der Waals surface area contributed by atoms with E-state index in [2.05, 4.69) is 0 Å². The summed E-state index contributed by atoms with van der Waals surface area (Å²) in [7, 11) is 0. The van der Waals surface area contributed by atoms with Gasteiger partial charge in [0, 0.05) is 24.6 Å². The molecule has 3 rings (SSSR count). The van der Waals surface area contributed by atoms with Crippen molar-refractivity contribution in [2.45, 2.75) is 32.7 Å². The average molecular weight is 289 g/mol. The Labute approximate surface area is 122 Å². The van der Waals surface area contributed by atoms with Crippen molar-refractivity contribution in [1.29, 1.82) is 0 Å². The Morgan fingerprint density at radius 3 is 3.00 bits per heavy atom.